The summed E-state index contributed by atoms with van der Waals surface area (Å²) in [4.78, 5) is 31.5. The highest BCUT2D eigenvalue weighted by atomic mass is 35.5. The maximum atomic E-state index is 13.6. The van der Waals surface area contributed by atoms with Crippen LogP contribution in [0, 0.1) is 0 Å². The van der Waals surface area contributed by atoms with Crippen LogP contribution in [-0.4, -0.2) is 16.8 Å². The molecule has 176 valence electrons. The monoisotopic (exact) mass is 495 g/mol. The Kier molecular flexibility index (Phi) is 6.84. The Labute approximate surface area is 203 Å². The van der Waals surface area contributed by atoms with E-state index >= 15 is 0 Å². The fraction of sp³-hybridized carbons (Fsp3) is 0.0385. The van der Waals surface area contributed by atoms with E-state index in [1.165, 1.54) is 36.5 Å². The van der Waals surface area contributed by atoms with Gasteiger partial charge in [0, 0.05) is 17.4 Å². The smallest absolute Gasteiger partial charge is 0.307 e. The third-order valence-corrected chi connectivity index (χ3v) is 5.24. The number of rotatable bonds is 5. The number of para-hydroxylation sites is 1. The van der Waals surface area contributed by atoms with Crippen molar-refractivity contribution in [3.63, 3.8) is 0 Å². The van der Waals surface area contributed by atoms with Crippen molar-refractivity contribution >= 4 is 40.6 Å². The lowest BCUT2D eigenvalue weighted by molar-refractivity contribution is -0.137. The van der Waals surface area contributed by atoms with E-state index in [4.69, 9.17) is 11.6 Å². The summed E-state index contributed by atoms with van der Waals surface area (Å²) in [5.41, 5.74) is -0.823. The number of nitrogens with one attached hydrogen (secondary N) is 1. The molecule has 1 heterocycles. The Morgan fingerprint density at radius 2 is 1.51 bits per heavy atom. The summed E-state index contributed by atoms with van der Waals surface area (Å²) in [5, 5.41) is 3.02. The average Bonchev–Trinajstić information content (AvgIpc) is 2.86. The number of nitrogens with zero attached hydrogens (tertiary/aromatic N) is 2. The lowest BCUT2D eigenvalue weighted by Crippen LogP contribution is -2.28. The summed E-state index contributed by atoms with van der Waals surface area (Å²) < 4.78 is 40.9. The molecule has 35 heavy (non-hydrogen) atoms. The van der Waals surface area contributed by atoms with Gasteiger partial charge in [-0.2, -0.15) is 13.2 Å². The van der Waals surface area contributed by atoms with Gasteiger partial charge in [0.2, 0.25) is 0 Å². The Balaban J connectivity index is 1.74. The van der Waals surface area contributed by atoms with Gasteiger partial charge in [0.15, 0.2) is 0 Å². The van der Waals surface area contributed by atoms with E-state index in [1.54, 1.807) is 48.5 Å². The van der Waals surface area contributed by atoms with Crippen molar-refractivity contribution < 1.29 is 22.8 Å². The zero-order valence-electron chi connectivity index (χ0n) is 18.0. The molecule has 0 bridgehead atoms. The molecular weight excluding hydrogens is 479 g/mol. The van der Waals surface area contributed by atoms with Crippen LogP contribution >= 0.6 is 11.6 Å². The maximum Gasteiger partial charge on any atom is 0.417 e. The van der Waals surface area contributed by atoms with Crippen molar-refractivity contribution in [2.45, 2.75) is 6.18 Å². The SMILES string of the molecule is O=C(Nc1ccc(Cl)cn1)c1cccc(N(C(=O)c2ccccc2C(F)(F)F)c2ccccc2)c1. The van der Waals surface area contributed by atoms with Crippen molar-refractivity contribution in [2.75, 3.05) is 10.2 Å². The first-order chi connectivity index (χ1) is 16.7. The number of pyridine rings is 1. The van der Waals surface area contributed by atoms with Gasteiger partial charge in [-0.05, 0) is 54.6 Å². The van der Waals surface area contributed by atoms with Gasteiger partial charge in [-0.1, -0.05) is 48.0 Å². The molecule has 4 rings (SSSR count). The lowest BCUT2D eigenvalue weighted by atomic mass is 10.0. The molecule has 0 radical (unpaired) electrons. The van der Waals surface area contributed by atoms with Gasteiger partial charge in [-0.25, -0.2) is 4.98 Å². The van der Waals surface area contributed by atoms with Crippen LogP contribution in [0.5, 0.6) is 0 Å². The van der Waals surface area contributed by atoms with Gasteiger partial charge in [0.1, 0.15) is 5.82 Å². The molecule has 3 aromatic carbocycles. The Bertz CT molecular complexity index is 1360. The van der Waals surface area contributed by atoms with Crippen LogP contribution in [0.4, 0.5) is 30.4 Å². The third kappa shape index (κ3) is 5.50. The maximum absolute atomic E-state index is 13.6. The molecule has 1 N–H and O–H groups in total. The average molecular weight is 496 g/mol. The summed E-state index contributed by atoms with van der Waals surface area (Å²) >= 11 is 5.82. The first kappa shape index (κ1) is 24.0. The van der Waals surface area contributed by atoms with E-state index in [0.717, 1.165) is 17.0 Å². The van der Waals surface area contributed by atoms with Gasteiger partial charge < -0.3 is 5.32 Å². The van der Waals surface area contributed by atoms with Crippen LogP contribution in [-0.2, 0) is 6.18 Å². The molecule has 0 aliphatic rings. The molecule has 0 aliphatic carbocycles. The first-order valence-electron chi connectivity index (χ1n) is 10.3. The van der Waals surface area contributed by atoms with Crippen molar-refractivity contribution in [1.82, 2.24) is 4.98 Å². The Morgan fingerprint density at radius 3 is 2.20 bits per heavy atom. The van der Waals surface area contributed by atoms with E-state index < -0.39 is 29.1 Å². The summed E-state index contributed by atoms with van der Waals surface area (Å²) in [6.07, 6.45) is -3.34. The van der Waals surface area contributed by atoms with E-state index in [0.29, 0.717) is 10.7 Å². The van der Waals surface area contributed by atoms with Gasteiger partial charge in [0.05, 0.1) is 21.8 Å². The summed E-state index contributed by atoms with van der Waals surface area (Å²) in [7, 11) is 0. The molecule has 0 spiro atoms. The second-order valence-electron chi connectivity index (χ2n) is 7.39. The number of anilines is 3. The van der Waals surface area contributed by atoms with Crippen molar-refractivity contribution in [3.05, 3.63) is 119 Å². The van der Waals surface area contributed by atoms with E-state index in [-0.39, 0.29) is 17.1 Å². The molecule has 1 aromatic heterocycles. The van der Waals surface area contributed by atoms with E-state index in [1.807, 2.05) is 0 Å². The predicted molar refractivity (Wildman–Crippen MR) is 128 cm³/mol. The van der Waals surface area contributed by atoms with Crippen LogP contribution < -0.4 is 10.2 Å². The minimum Gasteiger partial charge on any atom is -0.307 e. The minimum atomic E-state index is -4.72. The van der Waals surface area contributed by atoms with Crippen LogP contribution in [0.2, 0.25) is 5.02 Å². The van der Waals surface area contributed by atoms with Crippen LogP contribution in [0.25, 0.3) is 0 Å². The second kappa shape index (κ2) is 9.99. The molecule has 5 nitrogen and oxygen atoms in total. The number of halogens is 4. The molecule has 9 heteroatoms. The van der Waals surface area contributed by atoms with Gasteiger partial charge >= 0.3 is 6.18 Å². The van der Waals surface area contributed by atoms with Gasteiger partial charge in [-0.15, -0.1) is 0 Å². The third-order valence-electron chi connectivity index (χ3n) is 5.02. The summed E-state index contributed by atoms with van der Waals surface area (Å²) in [6, 6.07) is 21.9. The number of hydrogen-bond acceptors (Lipinski definition) is 3. The number of benzene rings is 3. The molecule has 0 unspecified atom stereocenters. The molecule has 0 atom stereocenters. The van der Waals surface area contributed by atoms with Crippen LogP contribution in [0.1, 0.15) is 26.3 Å². The fourth-order valence-corrected chi connectivity index (χ4v) is 3.53. The van der Waals surface area contributed by atoms with Crippen molar-refractivity contribution in [1.29, 1.82) is 0 Å². The lowest BCUT2D eigenvalue weighted by Gasteiger charge is -2.25. The Morgan fingerprint density at radius 1 is 0.829 bits per heavy atom. The molecular formula is C26H17ClF3N3O2. The Hall–Kier alpha value is -4.17. The number of amides is 2. The number of aromatic nitrogens is 1. The molecule has 0 aliphatic heterocycles. The normalized spacial score (nSPS) is 11.1. The second-order valence-corrected chi connectivity index (χ2v) is 7.82. The fourth-order valence-electron chi connectivity index (χ4n) is 3.42. The topological polar surface area (TPSA) is 62.3 Å². The highest BCUT2D eigenvalue weighted by molar-refractivity contribution is 6.30. The molecule has 0 saturated heterocycles. The zero-order valence-corrected chi connectivity index (χ0v) is 18.7. The number of hydrogen-bond donors (Lipinski definition) is 1. The molecule has 0 saturated carbocycles. The predicted octanol–water partition coefficient (Wildman–Crippen LogP) is 6.98. The molecule has 4 aromatic rings. The summed E-state index contributed by atoms with van der Waals surface area (Å²) in [6.45, 7) is 0. The van der Waals surface area contributed by atoms with Crippen LogP contribution in [0.15, 0.2) is 97.2 Å². The van der Waals surface area contributed by atoms with E-state index in [9.17, 15) is 22.8 Å². The first-order valence-corrected chi connectivity index (χ1v) is 10.7. The zero-order chi connectivity index (χ0) is 25.0. The number of carbonyl (C=O) groups excluding carboxylic acids is 2. The minimum absolute atomic E-state index is 0.178. The largest absolute Gasteiger partial charge is 0.417 e. The number of carbonyl (C=O) groups is 2. The standard InChI is InChI=1S/C26H17ClF3N3O2/c27-18-13-14-23(31-16-18)32-24(34)17-7-6-10-20(15-17)33(19-8-2-1-3-9-19)25(35)21-11-4-5-12-22(21)26(28,29)30/h1-16H,(H,31,32,34). The van der Waals surface area contributed by atoms with Crippen molar-refractivity contribution in [3.8, 4) is 0 Å². The van der Waals surface area contributed by atoms with Crippen molar-refractivity contribution in [2.24, 2.45) is 0 Å². The quantitative estimate of drug-likeness (QED) is 0.325. The number of alkyl halides is 3. The summed E-state index contributed by atoms with van der Waals surface area (Å²) in [5.74, 6) is -1.14. The van der Waals surface area contributed by atoms with Crippen LogP contribution in [0.3, 0.4) is 0 Å². The van der Waals surface area contributed by atoms with Gasteiger partial charge in [-0.3, -0.25) is 14.5 Å². The highest BCUT2D eigenvalue weighted by Gasteiger charge is 2.36. The highest BCUT2D eigenvalue weighted by Crippen LogP contribution is 2.35. The molecule has 0 fully saturated rings. The van der Waals surface area contributed by atoms with E-state index in [2.05, 4.69) is 10.3 Å². The molecule has 2 amide bonds. The van der Waals surface area contributed by atoms with Gasteiger partial charge in [0.25, 0.3) is 11.8 Å².